The van der Waals surface area contributed by atoms with Crippen molar-refractivity contribution in [1.29, 1.82) is 0 Å². The fraction of sp³-hybridized carbons (Fsp3) is 0. The van der Waals surface area contributed by atoms with Gasteiger partial charge in [-0.25, -0.2) is 4.39 Å². The van der Waals surface area contributed by atoms with E-state index in [4.69, 9.17) is 0 Å². The Hall–Kier alpha value is -0.240. The molecule has 0 aliphatic carbocycles. The summed E-state index contributed by atoms with van der Waals surface area (Å²) >= 11 is 4.22. The summed E-state index contributed by atoms with van der Waals surface area (Å²) in [4.78, 5) is 0. The van der Waals surface area contributed by atoms with Gasteiger partial charge < -0.3 is 4.18 Å². The van der Waals surface area contributed by atoms with E-state index in [1.807, 2.05) is 4.18 Å². The number of hydrogen-bond donors (Lipinski definition) is 0. The van der Waals surface area contributed by atoms with Crippen molar-refractivity contribution in [3.63, 3.8) is 0 Å². The van der Waals surface area contributed by atoms with Crippen molar-refractivity contribution in [2.75, 3.05) is 0 Å². The van der Waals surface area contributed by atoms with Gasteiger partial charge in [0.1, 0.15) is 6.33 Å². The molecule has 0 aromatic rings. The molecule has 0 spiro atoms. The Morgan fingerprint density at radius 3 is 1.64 bits per heavy atom. The standard InChI is InChI=1S/C2HClF6OS/c3-2(1-4)10-11(5,6,7,8)9/h1H. The maximum Gasteiger partial charge on any atom is 0.436 e. The molecule has 0 aliphatic heterocycles. The molecule has 0 unspecified atom stereocenters. The van der Waals surface area contributed by atoms with Crippen molar-refractivity contribution >= 4 is 22.1 Å². The van der Waals surface area contributed by atoms with Gasteiger partial charge in [0.15, 0.2) is 0 Å². The third-order valence-corrected chi connectivity index (χ3v) is 1.07. The minimum absolute atomic E-state index is 0.931. The smallest absolute Gasteiger partial charge is 0.339 e. The molecule has 0 aromatic carbocycles. The summed E-state index contributed by atoms with van der Waals surface area (Å²) in [6.45, 7) is 0. The van der Waals surface area contributed by atoms with Crippen LogP contribution in [0.2, 0.25) is 0 Å². The monoisotopic (exact) mass is 222 g/mol. The molecular weight excluding hydrogens is 222 g/mol. The van der Waals surface area contributed by atoms with Crippen molar-refractivity contribution in [1.82, 2.24) is 0 Å². The third kappa shape index (κ3) is 7.66. The van der Waals surface area contributed by atoms with Gasteiger partial charge >= 0.3 is 10.5 Å². The van der Waals surface area contributed by atoms with Gasteiger partial charge in [0, 0.05) is 0 Å². The van der Waals surface area contributed by atoms with Crippen LogP contribution in [0.1, 0.15) is 0 Å². The van der Waals surface area contributed by atoms with Crippen LogP contribution in [0, 0.1) is 0 Å². The molecule has 0 aromatic heterocycles. The van der Waals surface area contributed by atoms with Crippen molar-refractivity contribution in [3.8, 4) is 0 Å². The lowest BCUT2D eigenvalue weighted by Crippen LogP contribution is -2.07. The van der Waals surface area contributed by atoms with Crippen LogP contribution in [-0.4, -0.2) is 0 Å². The van der Waals surface area contributed by atoms with Gasteiger partial charge in [0.05, 0.1) is 0 Å². The van der Waals surface area contributed by atoms with E-state index in [0.29, 0.717) is 0 Å². The molecule has 0 heterocycles. The van der Waals surface area contributed by atoms with Crippen LogP contribution in [0.5, 0.6) is 0 Å². The van der Waals surface area contributed by atoms with Crippen molar-refractivity contribution in [2.45, 2.75) is 0 Å². The highest BCUT2D eigenvalue weighted by Crippen LogP contribution is 2.99. The molecule has 11 heavy (non-hydrogen) atoms. The van der Waals surface area contributed by atoms with E-state index in [0.717, 1.165) is 0 Å². The number of hydrogen-bond acceptors (Lipinski definition) is 1. The Balaban J connectivity index is 4.65. The molecule has 0 fully saturated rings. The first-order valence-electron chi connectivity index (χ1n) is 1.84. The zero-order chi connectivity index (χ0) is 9.40. The Morgan fingerprint density at radius 2 is 1.55 bits per heavy atom. The van der Waals surface area contributed by atoms with Crippen LogP contribution < -0.4 is 0 Å². The third-order valence-electron chi connectivity index (χ3n) is 0.323. The Bertz CT molecular complexity index is 190. The van der Waals surface area contributed by atoms with Crippen LogP contribution in [-0.2, 0) is 4.18 Å². The summed E-state index contributed by atoms with van der Waals surface area (Å²) in [5, 5.41) is -2.05. The van der Waals surface area contributed by atoms with Crippen molar-refractivity contribution in [3.05, 3.63) is 11.5 Å². The average molecular weight is 223 g/mol. The van der Waals surface area contributed by atoms with Crippen molar-refractivity contribution < 1.29 is 28.0 Å². The average Bonchev–Trinajstić information content (AvgIpc) is 1.57. The second-order valence-corrected chi connectivity index (χ2v) is 3.73. The van der Waals surface area contributed by atoms with E-state index >= 15 is 0 Å². The molecule has 0 rings (SSSR count). The van der Waals surface area contributed by atoms with Gasteiger partial charge in [-0.05, 0) is 11.6 Å². The van der Waals surface area contributed by atoms with E-state index in [1.165, 1.54) is 0 Å². The molecule has 0 aliphatic rings. The molecule has 0 N–H and O–H groups in total. The molecule has 0 radical (unpaired) electrons. The number of rotatable bonds is 2. The lowest BCUT2D eigenvalue weighted by molar-refractivity contribution is 0.207. The van der Waals surface area contributed by atoms with Gasteiger partial charge in [0.25, 0.3) is 0 Å². The molecule has 0 atom stereocenters. The van der Waals surface area contributed by atoms with Gasteiger partial charge in [-0.3, -0.25) is 0 Å². The summed E-state index contributed by atoms with van der Waals surface area (Å²) in [6, 6.07) is 0. The molecule has 0 bridgehead atoms. The highest BCUT2D eigenvalue weighted by molar-refractivity contribution is 8.42. The lowest BCUT2D eigenvalue weighted by Gasteiger charge is -2.38. The zero-order valence-electron chi connectivity index (χ0n) is 4.54. The van der Waals surface area contributed by atoms with Gasteiger partial charge in [-0.15, -0.1) is 0 Å². The van der Waals surface area contributed by atoms with E-state index in [1.54, 1.807) is 0 Å². The summed E-state index contributed by atoms with van der Waals surface area (Å²) in [6.07, 6.45) is -0.931. The Kier molecular flexibility index (Phi) is 1.88. The zero-order valence-corrected chi connectivity index (χ0v) is 6.11. The topological polar surface area (TPSA) is 9.23 Å². The van der Waals surface area contributed by atoms with E-state index < -0.39 is 22.1 Å². The molecular formula is C2HClF6OS. The normalized spacial score (nSPS) is 20.5. The summed E-state index contributed by atoms with van der Waals surface area (Å²) < 4.78 is 68.7. The van der Waals surface area contributed by atoms with Crippen LogP contribution in [0.4, 0.5) is 23.8 Å². The van der Waals surface area contributed by atoms with Crippen LogP contribution in [0.15, 0.2) is 11.5 Å². The fourth-order valence-corrected chi connectivity index (χ4v) is 0.863. The SMILES string of the molecule is FC=C(Cl)OS(F)(F)(F)(F)F. The molecule has 0 amide bonds. The molecule has 70 valence electrons. The highest BCUT2D eigenvalue weighted by atomic mass is 35.5. The van der Waals surface area contributed by atoms with Crippen molar-refractivity contribution in [2.24, 2.45) is 0 Å². The second kappa shape index (κ2) is 1.92. The van der Waals surface area contributed by atoms with E-state index in [-0.39, 0.29) is 0 Å². The summed E-state index contributed by atoms with van der Waals surface area (Å²) in [5.41, 5.74) is 0. The molecule has 1 nitrogen and oxygen atoms in total. The van der Waals surface area contributed by atoms with Crippen LogP contribution in [0.25, 0.3) is 0 Å². The van der Waals surface area contributed by atoms with E-state index in [9.17, 15) is 23.8 Å². The Morgan fingerprint density at radius 1 is 1.18 bits per heavy atom. The summed E-state index contributed by atoms with van der Waals surface area (Å²) in [7, 11) is -10.1. The maximum absolute atomic E-state index is 11.1. The Labute approximate surface area is 62.5 Å². The molecule has 9 heteroatoms. The highest BCUT2D eigenvalue weighted by Gasteiger charge is 2.67. The first-order chi connectivity index (χ1) is 4.43. The second-order valence-electron chi connectivity index (χ2n) is 1.39. The first-order valence-corrected chi connectivity index (χ1v) is 4.09. The molecule has 0 saturated heterocycles. The van der Waals surface area contributed by atoms with Gasteiger partial charge in [-0.2, -0.15) is 0 Å². The van der Waals surface area contributed by atoms with Gasteiger partial charge in [0.2, 0.25) is 5.22 Å². The first kappa shape index (κ1) is 10.8. The minimum atomic E-state index is -10.1. The van der Waals surface area contributed by atoms with Crippen LogP contribution >= 0.6 is 22.1 Å². The maximum atomic E-state index is 11.1. The summed E-state index contributed by atoms with van der Waals surface area (Å²) in [5.74, 6) is 0. The predicted molar refractivity (Wildman–Crippen MR) is 29.3 cm³/mol. The lowest BCUT2D eigenvalue weighted by atomic mass is 11.1. The molecule has 0 saturated carbocycles. The fourth-order valence-electron chi connectivity index (χ4n) is 0.169. The predicted octanol–water partition coefficient (Wildman–Crippen LogP) is 4.22. The number of halogens is 7. The quantitative estimate of drug-likeness (QED) is 0.502. The minimum Gasteiger partial charge on any atom is -0.339 e. The van der Waals surface area contributed by atoms with Gasteiger partial charge in [-0.1, -0.05) is 19.4 Å². The largest absolute Gasteiger partial charge is 0.436 e. The van der Waals surface area contributed by atoms with E-state index in [2.05, 4.69) is 11.6 Å². The van der Waals surface area contributed by atoms with Crippen LogP contribution in [0.3, 0.4) is 0 Å².